The number of methoxy groups -OCH3 is 1. The molecule has 2 fully saturated rings. The van der Waals surface area contributed by atoms with Crippen molar-refractivity contribution in [2.24, 2.45) is 5.41 Å². The molecule has 0 aliphatic carbocycles. The minimum absolute atomic E-state index is 0. The van der Waals surface area contributed by atoms with Crippen LogP contribution < -0.4 is 5.32 Å². The average molecular weight is 295 g/mol. The lowest BCUT2D eigenvalue weighted by atomic mass is 9.78. The van der Waals surface area contributed by atoms with E-state index in [1.807, 2.05) is 16.7 Å². The van der Waals surface area contributed by atoms with Crippen LogP contribution in [0.15, 0.2) is 0 Å². The van der Waals surface area contributed by atoms with E-state index in [0.717, 1.165) is 50.5 Å². The van der Waals surface area contributed by atoms with Crippen LogP contribution in [0.2, 0.25) is 0 Å². The number of carbonyl (C=O) groups excluding carboxylic acids is 1. The summed E-state index contributed by atoms with van der Waals surface area (Å²) >= 11 is 1.94. The molecule has 2 rings (SSSR count). The lowest BCUT2D eigenvalue weighted by Crippen LogP contribution is -2.53. The zero-order valence-electron chi connectivity index (χ0n) is 10.9. The number of piperidine rings is 1. The molecule has 4 nitrogen and oxygen atoms in total. The van der Waals surface area contributed by atoms with Crippen molar-refractivity contribution in [3.63, 3.8) is 0 Å². The Morgan fingerprint density at radius 2 is 1.94 bits per heavy atom. The Bertz CT molecular complexity index is 261. The second-order valence-corrected chi connectivity index (χ2v) is 6.09. The monoisotopic (exact) mass is 294 g/mol. The molecule has 0 aromatic carbocycles. The normalized spacial score (nSPS) is 23.3. The molecule has 1 amide bonds. The summed E-state index contributed by atoms with van der Waals surface area (Å²) in [7, 11) is 1.70. The zero-order chi connectivity index (χ0) is 12.1. The van der Waals surface area contributed by atoms with Crippen LogP contribution in [0.3, 0.4) is 0 Å². The summed E-state index contributed by atoms with van der Waals surface area (Å²) in [6.45, 7) is 4.23. The topological polar surface area (TPSA) is 41.6 Å². The van der Waals surface area contributed by atoms with Crippen LogP contribution in [-0.2, 0) is 9.53 Å². The fourth-order valence-electron chi connectivity index (χ4n) is 2.70. The van der Waals surface area contributed by atoms with E-state index >= 15 is 0 Å². The van der Waals surface area contributed by atoms with Gasteiger partial charge in [0.15, 0.2) is 0 Å². The van der Waals surface area contributed by atoms with Gasteiger partial charge < -0.3 is 15.0 Å². The first kappa shape index (κ1) is 16.1. The van der Waals surface area contributed by atoms with E-state index in [2.05, 4.69) is 5.32 Å². The summed E-state index contributed by atoms with van der Waals surface area (Å²) in [5, 5.41) is 3.33. The van der Waals surface area contributed by atoms with Gasteiger partial charge in [-0.05, 0) is 25.9 Å². The minimum Gasteiger partial charge on any atom is -0.384 e. The molecule has 2 aliphatic rings. The summed E-state index contributed by atoms with van der Waals surface area (Å²) in [4.78, 5) is 14.7. The summed E-state index contributed by atoms with van der Waals surface area (Å²) in [6, 6.07) is 0. The number of halogens is 1. The first-order valence-electron chi connectivity index (χ1n) is 6.35. The number of carbonyl (C=O) groups is 1. The number of ether oxygens (including phenoxy) is 1. The highest BCUT2D eigenvalue weighted by atomic mass is 35.5. The molecule has 0 spiro atoms. The number of nitrogens with zero attached hydrogens (tertiary/aromatic N) is 1. The minimum atomic E-state index is -0.262. The van der Waals surface area contributed by atoms with Gasteiger partial charge in [0.1, 0.15) is 0 Å². The Hall–Kier alpha value is 0.0300. The van der Waals surface area contributed by atoms with Crippen molar-refractivity contribution in [3.8, 4) is 0 Å². The van der Waals surface area contributed by atoms with Gasteiger partial charge >= 0.3 is 0 Å². The number of amides is 1. The summed E-state index contributed by atoms with van der Waals surface area (Å²) in [5.41, 5.74) is -0.262. The fourth-order valence-corrected chi connectivity index (χ4v) is 3.61. The standard InChI is InChI=1S/C12H22N2O2S.ClH/c1-16-10-12(2-4-13-5-3-12)11(15)14-6-8-17-9-7-14;/h13H,2-10H2,1H3;1H. The molecule has 1 N–H and O–H groups in total. The first-order valence-corrected chi connectivity index (χ1v) is 7.51. The maximum absolute atomic E-state index is 12.7. The van der Waals surface area contributed by atoms with Gasteiger partial charge in [-0.3, -0.25) is 4.79 Å². The van der Waals surface area contributed by atoms with Crippen molar-refractivity contribution < 1.29 is 9.53 Å². The van der Waals surface area contributed by atoms with Crippen molar-refractivity contribution >= 4 is 30.1 Å². The van der Waals surface area contributed by atoms with Crippen LogP contribution >= 0.6 is 24.2 Å². The van der Waals surface area contributed by atoms with Crippen molar-refractivity contribution in [1.82, 2.24) is 10.2 Å². The number of hydrogen-bond donors (Lipinski definition) is 1. The highest BCUT2D eigenvalue weighted by Gasteiger charge is 2.42. The molecule has 0 atom stereocenters. The van der Waals surface area contributed by atoms with E-state index in [1.54, 1.807) is 7.11 Å². The molecule has 106 valence electrons. The van der Waals surface area contributed by atoms with Crippen molar-refractivity contribution in [3.05, 3.63) is 0 Å². The Balaban J connectivity index is 0.00000162. The highest BCUT2D eigenvalue weighted by molar-refractivity contribution is 7.99. The van der Waals surface area contributed by atoms with Crippen LogP contribution in [0.5, 0.6) is 0 Å². The third-order valence-corrected chi connectivity index (χ3v) is 4.68. The third-order valence-electron chi connectivity index (χ3n) is 3.73. The van der Waals surface area contributed by atoms with Crippen LogP contribution in [0.4, 0.5) is 0 Å². The van der Waals surface area contributed by atoms with Crippen LogP contribution in [0.25, 0.3) is 0 Å². The zero-order valence-corrected chi connectivity index (χ0v) is 12.6. The smallest absolute Gasteiger partial charge is 0.231 e. The molecule has 0 aromatic rings. The predicted octanol–water partition coefficient (Wildman–Crippen LogP) is 1.000. The molecular weight excluding hydrogens is 272 g/mol. The van der Waals surface area contributed by atoms with Crippen LogP contribution in [0, 0.1) is 5.41 Å². The molecular formula is C12H23ClN2O2S. The number of hydrogen-bond acceptors (Lipinski definition) is 4. The van der Waals surface area contributed by atoms with Gasteiger partial charge in [0.05, 0.1) is 12.0 Å². The Labute approximate surface area is 120 Å². The molecule has 0 bridgehead atoms. The molecule has 2 aliphatic heterocycles. The van der Waals surface area contributed by atoms with Gasteiger partial charge in [0, 0.05) is 31.7 Å². The largest absolute Gasteiger partial charge is 0.384 e. The molecule has 0 radical (unpaired) electrons. The first-order chi connectivity index (χ1) is 8.28. The molecule has 18 heavy (non-hydrogen) atoms. The fraction of sp³-hybridized carbons (Fsp3) is 0.917. The Morgan fingerprint density at radius 1 is 1.33 bits per heavy atom. The van der Waals surface area contributed by atoms with Gasteiger partial charge in [0.25, 0.3) is 0 Å². The van der Waals surface area contributed by atoms with Gasteiger partial charge in [-0.1, -0.05) is 0 Å². The lowest BCUT2D eigenvalue weighted by Gasteiger charge is -2.40. The predicted molar refractivity (Wildman–Crippen MR) is 77.6 cm³/mol. The van der Waals surface area contributed by atoms with Gasteiger partial charge in [-0.2, -0.15) is 11.8 Å². The van der Waals surface area contributed by atoms with E-state index in [1.165, 1.54) is 0 Å². The van der Waals surface area contributed by atoms with Crippen molar-refractivity contribution in [2.75, 3.05) is 51.4 Å². The highest BCUT2D eigenvalue weighted by Crippen LogP contribution is 2.32. The van der Waals surface area contributed by atoms with E-state index in [0.29, 0.717) is 12.5 Å². The molecule has 2 saturated heterocycles. The summed E-state index contributed by atoms with van der Waals surface area (Å²) < 4.78 is 5.32. The summed E-state index contributed by atoms with van der Waals surface area (Å²) in [6.07, 6.45) is 1.81. The van der Waals surface area contributed by atoms with Gasteiger partial charge in [0.2, 0.25) is 5.91 Å². The Morgan fingerprint density at radius 3 is 2.50 bits per heavy atom. The van der Waals surface area contributed by atoms with Crippen LogP contribution in [0.1, 0.15) is 12.8 Å². The van der Waals surface area contributed by atoms with Gasteiger partial charge in [-0.25, -0.2) is 0 Å². The van der Waals surface area contributed by atoms with Crippen LogP contribution in [-0.4, -0.2) is 62.2 Å². The summed E-state index contributed by atoms with van der Waals surface area (Å²) in [5.74, 6) is 2.47. The van der Waals surface area contributed by atoms with E-state index in [9.17, 15) is 4.79 Å². The van der Waals surface area contributed by atoms with Crippen molar-refractivity contribution in [1.29, 1.82) is 0 Å². The molecule has 2 heterocycles. The van der Waals surface area contributed by atoms with Gasteiger partial charge in [-0.15, -0.1) is 12.4 Å². The van der Waals surface area contributed by atoms with E-state index < -0.39 is 0 Å². The molecule has 0 aromatic heterocycles. The second-order valence-electron chi connectivity index (χ2n) is 4.87. The maximum atomic E-state index is 12.7. The number of nitrogens with one attached hydrogen (secondary N) is 1. The number of thioether (sulfide) groups is 1. The van der Waals surface area contributed by atoms with Crippen molar-refractivity contribution in [2.45, 2.75) is 12.8 Å². The number of rotatable bonds is 3. The van der Waals surface area contributed by atoms with E-state index in [4.69, 9.17) is 4.74 Å². The molecule has 0 saturated carbocycles. The second kappa shape index (κ2) is 7.58. The molecule has 6 heteroatoms. The Kier molecular flexibility index (Phi) is 6.77. The SMILES string of the molecule is COCC1(C(=O)N2CCSCC2)CCNCC1.Cl. The third kappa shape index (κ3) is 3.53. The maximum Gasteiger partial charge on any atom is 0.231 e. The molecule has 0 unspecified atom stereocenters. The average Bonchev–Trinajstić information content (AvgIpc) is 2.40. The lowest BCUT2D eigenvalue weighted by molar-refractivity contribution is -0.147. The van der Waals surface area contributed by atoms with E-state index in [-0.39, 0.29) is 17.8 Å². The quantitative estimate of drug-likeness (QED) is 0.843.